The highest BCUT2D eigenvalue weighted by atomic mass is 32.2. The first-order valence-electron chi connectivity index (χ1n) is 10.1. The Morgan fingerprint density at radius 1 is 1.34 bits per heavy atom. The molecule has 0 aromatic heterocycles. The maximum atomic E-state index is 11.8. The van der Waals surface area contributed by atoms with E-state index in [-0.39, 0.29) is 23.6 Å². The Morgan fingerprint density at radius 2 is 1.93 bits per heavy atom. The van der Waals surface area contributed by atoms with Crippen LogP contribution in [-0.4, -0.2) is 70.7 Å². The number of amides is 1. The Bertz CT molecular complexity index is 658. The van der Waals surface area contributed by atoms with Crippen LogP contribution in [0.5, 0.6) is 0 Å². The average Bonchev–Trinajstić information content (AvgIpc) is 2.81. The summed E-state index contributed by atoms with van der Waals surface area (Å²) in [6, 6.07) is -0.258. The van der Waals surface area contributed by atoms with Crippen molar-refractivity contribution in [3.63, 3.8) is 0 Å². The van der Waals surface area contributed by atoms with Gasteiger partial charge in [0.1, 0.15) is 5.72 Å². The van der Waals surface area contributed by atoms with E-state index in [9.17, 15) is 18.3 Å². The Morgan fingerprint density at radius 3 is 2.41 bits per heavy atom. The molecule has 0 saturated carbocycles. The third-order valence-corrected chi connectivity index (χ3v) is 11.0. The molecule has 1 fully saturated rings. The standard InChI is InChI=1S/C19H39NO7SSi/c1-18(2,3)29(7,8)27-13-15(10-9-11-26-28(6,23)24)12-16-14-25-19(4,5)20(16)17(21)22/h15-16H,9-14H2,1-8H3,(H,21,22). The Kier molecular flexibility index (Phi) is 8.75. The maximum absolute atomic E-state index is 11.8. The fourth-order valence-corrected chi connectivity index (χ4v) is 4.73. The summed E-state index contributed by atoms with van der Waals surface area (Å²) in [4.78, 5) is 13.1. The second-order valence-electron chi connectivity index (χ2n) is 9.91. The number of nitrogens with zero attached hydrogens (tertiary/aromatic N) is 1. The minimum atomic E-state index is -3.47. The molecule has 0 aliphatic carbocycles. The maximum Gasteiger partial charge on any atom is 0.409 e. The first-order valence-corrected chi connectivity index (χ1v) is 14.8. The van der Waals surface area contributed by atoms with Gasteiger partial charge >= 0.3 is 6.09 Å². The third kappa shape index (κ3) is 8.16. The van der Waals surface area contributed by atoms with Crippen molar-refractivity contribution in [2.24, 2.45) is 5.92 Å². The lowest BCUT2D eigenvalue weighted by molar-refractivity contribution is -0.0427. The summed E-state index contributed by atoms with van der Waals surface area (Å²) in [6.45, 7) is 15.4. The summed E-state index contributed by atoms with van der Waals surface area (Å²) < 4.78 is 39.3. The lowest BCUT2D eigenvalue weighted by Gasteiger charge is -2.38. The first kappa shape index (κ1) is 26.4. The van der Waals surface area contributed by atoms with Crippen LogP contribution in [0.25, 0.3) is 0 Å². The summed E-state index contributed by atoms with van der Waals surface area (Å²) in [5.41, 5.74) is -0.860. The van der Waals surface area contributed by atoms with Gasteiger partial charge in [-0.25, -0.2) is 4.79 Å². The van der Waals surface area contributed by atoms with Crippen LogP contribution in [0.1, 0.15) is 53.9 Å². The Balaban J connectivity index is 2.82. The monoisotopic (exact) mass is 453 g/mol. The fourth-order valence-electron chi connectivity index (χ4n) is 3.22. The van der Waals surface area contributed by atoms with Gasteiger partial charge in [0.25, 0.3) is 10.1 Å². The van der Waals surface area contributed by atoms with E-state index < -0.39 is 30.3 Å². The van der Waals surface area contributed by atoms with E-state index in [0.29, 0.717) is 32.5 Å². The largest absolute Gasteiger partial charge is 0.465 e. The van der Waals surface area contributed by atoms with E-state index in [4.69, 9.17) is 13.3 Å². The van der Waals surface area contributed by atoms with Gasteiger partial charge in [-0.1, -0.05) is 20.8 Å². The molecule has 1 N–H and O–H groups in total. The predicted molar refractivity (Wildman–Crippen MR) is 115 cm³/mol. The quantitative estimate of drug-likeness (QED) is 0.304. The van der Waals surface area contributed by atoms with E-state index in [0.717, 1.165) is 6.26 Å². The van der Waals surface area contributed by atoms with Crippen molar-refractivity contribution in [3.05, 3.63) is 0 Å². The van der Waals surface area contributed by atoms with Gasteiger partial charge in [0.2, 0.25) is 0 Å². The van der Waals surface area contributed by atoms with Crippen molar-refractivity contribution in [2.75, 3.05) is 26.1 Å². The van der Waals surface area contributed by atoms with Crippen LogP contribution in [0.15, 0.2) is 0 Å². The summed E-state index contributed by atoms with van der Waals surface area (Å²) in [5, 5.41) is 9.71. The first-order chi connectivity index (χ1) is 13.0. The number of carbonyl (C=O) groups is 1. The van der Waals surface area contributed by atoms with Crippen LogP contribution in [0.4, 0.5) is 4.79 Å². The van der Waals surface area contributed by atoms with Crippen LogP contribution in [0.3, 0.4) is 0 Å². The molecule has 0 bridgehead atoms. The van der Waals surface area contributed by atoms with E-state index >= 15 is 0 Å². The number of carboxylic acid groups (broad SMARTS) is 1. The fraction of sp³-hybridized carbons (Fsp3) is 0.947. The molecule has 2 atom stereocenters. The van der Waals surface area contributed by atoms with Crippen molar-refractivity contribution in [1.82, 2.24) is 4.90 Å². The topological polar surface area (TPSA) is 102 Å². The van der Waals surface area contributed by atoms with Gasteiger partial charge in [-0.3, -0.25) is 9.08 Å². The summed E-state index contributed by atoms with van der Waals surface area (Å²) in [7, 11) is -5.42. The zero-order chi connectivity index (χ0) is 22.7. The molecular formula is C19H39NO7SSi. The molecule has 29 heavy (non-hydrogen) atoms. The molecule has 8 nitrogen and oxygen atoms in total. The highest BCUT2D eigenvalue weighted by molar-refractivity contribution is 7.85. The number of rotatable bonds is 10. The van der Waals surface area contributed by atoms with Crippen LogP contribution in [-0.2, 0) is 23.5 Å². The zero-order valence-electron chi connectivity index (χ0n) is 19.1. The lowest BCUT2D eigenvalue weighted by atomic mass is 9.95. The minimum Gasteiger partial charge on any atom is -0.465 e. The van der Waals surface area contributed by atoms with Crippen LogP contribution >= 0.6 is 0 Å². The van der Waals surface area contributed by atoms with Crippen molar-refractivity contribution in [1.29, 1.82) is 0 Å². The van der Waals surface area contributed by atoms with Gasteiger partial charge in [0.15, 0.2) is 8.32 Å². The second-order valence-corrected chi connectivity index (χ2v) is 16.4. The molecule has 2 unspecified atom stereocenters. The molecule has 0 aromatic rings. The molecule has 0 aromatic carbocycles. The predicted octanol–water partition coefficient (Wildman–Crippen LogP) is 3.89. The molecule has 1 aliphatic rings. The summed E-state index contributed by atoms with van der Waals surface area (Å²) >= 11 is 0. The molecule has 1 saturated heterocycles. The molecule has 0 spiro atoms. The molecular weight excluding hydrogens is 414 g/mol. The van der Waals surface area contributed by atoms with E-state index in [1.54, 1.807) is 13.8 Å². The minimum absolute atomic E-state index is 0.0719. The highest BCUT2D eigenvalue weighted by Gasteiger charge is 2.45. The SMILES string of the molecule is CC1(C)OCC(CC(CCCOS(C)(=O)=O)CO[Si](C)(C)C(C)(C)C)N1C(=O)O. The van der Waals surface area contributed by atoms with Crippen LogP contribution in [0.2, 0.25) is 18.1 Å². The second kappa shape index (κ2) is 9.63. The van der Waals surface area contributed by atoms with E-state index in [2.05, 4.69) is 33.9 Å². The smallest absolute Gasteiger partial charge is 0.409 e. The van der Waals surface area contributed by atoms with Crippen molar-refractivity contribution >= 4 is 24.5 Å². The molecule has 1 aliphatic heterocycles. The molecule has 172 valence electrons. The van der Waals surface area contributed by atoms with Gasteiger partial charge < -0.3 is 14.3 Å². The van der Waals surface area contributed by atoms with E-state index in [1.165, 1.54) is 4.90 Å². The van der Waals surface area contributed by atoms with Gasteiger partial charge in [-0.15, -0.1) is 0 Å². The van der Waals surface area contributed by atoms with Crippen molar-refractivity contribution in [3.8, 4) is 0 Å². The number of hydrogen-bond donors (Lipinski definition) is 1. The Hall–Kier alpha value is -0.683. The number of hydrogen-bond acceptors (Lipinski definition) is 6. The van der Waals surface area contributed by atoms with Crippen LogP contribution in [0, 0.1) is 5.92 Å². The van der Waals surface area contributed by atoms with Crippen LogP contribution < -0.4 is 0 Å². The summed E-state index contributed by atoms with van der Waals surface area (Å²) in [6.07, 6.45) is 1.88. The average molecular weight is 454 g/mol. The Labute approximate surface area is 177 Å². The van der Waals surface area contributed by atoms with E-state index in [1.807, 2.05) is 0 Å². The van der Waals surface area contributed by atoms with Gasteiger partial charge in [-0.05, 0) is 57.2 Å². The highest BCUT2D eigenvalue weighted by Crippen LogP contribution is 2.38. The van der Waals surface area contributed by atoms with Gasteiger partial charge in [0, 0.05) is 6.61 Å². The lowest BCUT2D eigenvalue weighted by Crippen LogP contribution is -2.48. The molecule has 10 heteroatoms. The molecule has 1 heterocycles. The molecule has 1 rings (SSSR count). The third-order valence-electron chi connectivity index (χ3n) is 5.93. The van der Waals surface area contributed by atoms with Gasteiger partial charge in [-0.2, -0.15) is 8.42 Å². The van der Waals surface area contributed by atoms with Crippen molar-refractivity contribution in [2.45, 2.75) is 83.8 Å². The number of ether oxygens (including phenoxy) is 1. The molecule has 0 radical (unpaired) electrons. The van der Waals surface area contributed by atoms with Gasteiger partial charge in [0.05, 0.1) is 25.5 Å². The molecule has 1 amide bonds. The normalized spacial score (nSPS) is 21.4. The van der Waals surface area contributed by atoms with Crippen molar-refractivity contribution < 1.29 is 31.7 Å². The summed E-state index contributed by atoms with van der Waals surface area (Å²) in [5.74, 6) is 0.0802. The zero-order valence-corrected chi connectivity index (χ0v) is 21.0.